The standard InChI is InChI=1S/C15H21ClFNO2S/c1-2-18-9-13(12-5-6-21(19,20)10-12)7-11-3-4-15(17)14(16)8-11/h3-4,8,12-13,18H,2,5-7,9-10H2,1H3. The summed E-state index contributed by atoms with van der Waals surface area (Å²) in [5.74, 6) is 0.511. The number of nitrogens with one attached hydrogen (secondary N) is 1. The van der Waals surface area contributed by atoms with Gasteiger partial charge >= 0.3 is 0 Å². The number of hydrogen-bond donors (Lipinski definition) is 1. The van der Waals surface area contributed by atoms with Crippen molar-refractivity contribution in [3.05, 3.63) is 34.6 Å². The maximum atomic E-state index is 13.2. The van der Waals surface area contributed by atoms with Gasteiger partial charge in [-0.3, -0.25) is 0 Å². The Balaban J connectivity index is 2.10. The Hall–Kier alpha value is -0.650. The van der Waals surface area contributed by atoms with Crippen molar-refractivity contribution in [3.63, 3.8) is 0 Å². The molecule has 118 valence electrons. The van der Waals surface area contributed by atoms with Crippen LogP contribution in [0, 0.1) is 17.7 Å². The molecule has 0 saturated carbocycles. The Bertz CT molecular complexity index is 591. The largest absolute Gasteiger partial charge is 0.317 e. The third-order valence-electron chi connectivity index (χ3n) is 4.07. The second kappa shape index (κ2) is 7.07. The number of halogens is 2. The summed E-state index contributed by atoms with van der Waals surface area (Å²) in [5.41, 5.74) is 0.952. The van der Waals surface area contributed by atoms with Crippen LogP contribution in [-0.4, -0.2) is 33.0 Å². The molecule has 21 heavy (non-hydrogen) atoms. The summed E-state index contributed by atoms with van der Waals surface area (Å²) in [6.45, 7) is 3.64. The van der Waals surface area contributed by atoms with Crippen molar-refractivity contribution < 1.29 is 12.8 Å². The van der Waals surface area contributed by atoms with E-state index >= 15 is 0 Å². The van der Waals surface area contributed by atoms with Gasteiger partial charge < -0.3 is 5.32 Å². The molecule has 2 unspecified atom stereocenters. The first-order valence-corrected chi connectivity index (χ1v) is 9.46. The normalized spacial score (nSPS) is 22.3. The molecule has 2 atom stereocenters. The molecule has 1 N–H and O–H groups in total. The van der Waals surface area contributed by atoms with Gasteiger partial charge in [-0.1, -0.05) is 24.6 Å². The lowest BCUT2D eigenvalue weighted by molar-refractivity contribution is 0.346. The van der Waals surface area contributed by atoms with Crippen LogP contribution < -0.4 is 5.32 Å². The molecule has 1 heterocycles. The molecule has 1 aliphatic heterocycles. The number of hydrogen-bond acceptors (Lipinski definition) is 3. The van der Waals surface area contributed by atoms with E-state index in [0.29, 0.717) is 12.8 Å². The summed E-state index contributed by atoms with van der Waals surface area (Å²) < 4.78 is 36.6. The van der Waals surface area contributed by atoms with Gasteiger partial charge in [0.1, 0.15) is 5.82 Å². The van der Waals surface area contributed by atoms with Gasteiger partial charge in [0, 0.05) is 0 Å². The second-order valence-corrected chi connectivity index (χ2v) is 8.32. The molecule has 1 aromatic carbocycles. The third kappa shape index (κ3) is 4.66. The second-order valence-electron chi connectivity index (χ2n) is 5.68. The highest BCUT2D eigenvalue weighted by molar-refractivity contribution is 7.91. The fourth-order valence-electron chi connectivity index (χ4n) is 2.90. The summed E-state index contributed by atoms with van der Waals surface area (Å²) in [6, 6.07) is 4.73. The van der Waals surface area contributed by atoms with Crippen molar-refractivity contribution in [2.45, 2.75) is 19.8 Å². The van der Waals surface area contributed by atoms with Gasteiger partial charge in [0.25, 0.3) is 0 Å². The molecule has 1 aromatic rings. The van der Waals surface area contributed by atoms with E-state index in [0.717, 1.165) is 18.7 Å². The van der Waals surface area contributed by atoms with E-state index in [9.17, 15) is 12.8 Å². The van der Waals surface area contributed by atoms with E-state index in [1.54, 1.807) is 12.1 Å². The molecule has 0 spiro atoms. The highest BCUT2D eigenvalue weighted by Gasteiger charge is 2.33. The van der Waals surface area contributed by atoms with Crippen molar-refractivity contribution in [1.82, 2.24) is 5.32 Å². The van der Waals surface area contributed by atoms with Crippen LogP contribution in [0.4, 0.5) is 4.39 Å². The van der Waals surface area contributed by atoms with Gasteiger partial charge in [-0.2, -0.15) is 0 Å². The first kappa shape index (κ1) is 16.7. The maximum absolute atomic E-state index is 13.2. The molecule has 1 aliphatic rings. The van der Waals surface area contributed by atoms with Gasteiger partial charge in [0.2, 0.25) is 0 Å². The molecule has 2 rings (SSSR count). The molecular weight excluding hydrogens is 313 g/mol. The topological polar surface area (TPSA) is 46.2 Å². The number of rotatable bonds is 6. The Morgan fingerprint density at radius 2 is 2.24 bits per heavy atom. The molecule has 0 amide bonds. The predicted molar refractivity (Wildman–Crippen MR) is 83.9 cm³/mol. The Labute approximate surface area is 130 Å². The summed E-state index contributed by atoms with van der Waals surface area (Å²) >= 11 is 5.82. The quantitative estimate of drug-likeness (QED) is 0.870. The SMILES string of the molecule is CCNCC(Cc1ccc(F)c(Cl)c1)C1CCS(=O)(=O)C1. The van der Waals surface area contributed by atoms with Gasteiger partial charge in [0.05, 0.1) is 16.5 Å². The summed E-state index contributed by atoms with van der Waals surface area (Å²) in [4.78, 5) is 0. The predicted octanol–water partition coefficient (Wildman–Crippen LogP) is 2.68. The molecule has 6 heteroatoms. The van der Waals surface area contributed by atoms with Crippen LogP contribution in [0.25, 0.3) is 0 Å². The highest BCUT2D eigenvalue weighted by atomic mass is 35.5. The van der Waals surface area contributed by atoms with Crippen LogP contribution in [0.1, 0.15) is 18.9 Å². The fraction of sp³-hybridized carbons (Fsp3) is 0.600. The molecule has 0 radical (unpaired) electrons. The monoisotopic (exact) mass is 333 g/mol. The van der Waals surface area contributed by atoms with Crippen LogP contribution in [0.15, 0.2) is 18.2 Å². The molecule has 1 fully saturated rings. The molecule has 0 aromatic heterocycles. The maximum Gasteiger partial charge on any atom is 0.150 e. The van der Waals surface area contributed by atoms with Crippen LogP contribution in [-0.2, 0) is 16.3 Å². The highest BCUT2D eigenvalue weighted by Crippen LogP contribution is 2.29. The first-order chi connectivity index (χ1) is 9.91. The van der Waals surface area contributed by atoms with Crippen molar-refractivity contribution in [2.24, 2.45) is 11.8 Å². The van der Waals surface area contributed by atoms with Crippen molar-refractivity contribution in [1.29, 1.82) is 0 Å². The van der Waals surface area contributed by atoms with E-state index in [-0.39, 0.29) is 28.4 Å². The first-order valence-electron chi connectivity index (χ1n) is 7.26. The van der Waals surface area contributed by atoms with E-state index in [1.165, 1.54) is 6.07 Å². The summed E-state index contributed by atoms with van der Waals surface area (Å²) in [7, 11) is -2.89. The van der Waals surface area contributed by atoms with E-state index < -0.39 is 15.7 Å². The smallest absolute Gasteiger partial charge is 0.150 e. The van der Waals surface area contributed by atoms with Crippen LogP contribution >= 0.6 is 11.6 Å². The Morgan fingerprint density at radius 1 is 1.48 bits per heavy atom. The molecular formula is C15H21ClFNO2S. The zero-order chi connectivity index (χ0) is 15.5. The molecule has 3 nitrogen and oxygen atoms in total. The van der Waals surface area contributed by atoms with Gasteiger partial charge in [-0.05, 0) is 55.5 Å². The Kier molecular flexibility index (Phi) is 5.63. The fourth-order valence-corrected chi connectivity index (χ4v) is 5.02. The molecule has 0 aliphatic carbocycles. The summed E-state index contributed by atoms with van der Waals surface area (Å²) in [6.07, 6.45) is 1.43. The minimum Gasteiger partial charge on any atom is -0.317 e. The summed E-state index contributed by atoms with van der Waals surface area (Å²) in [5, 5.41) is 3.42. The van der Waals surface area contributed by atoms with Crippen LogP contribution in [0.5, 0.6) is 0 Å². The molecule has 0 bridgehead atoms. The average molecular weight is 334 g/mol. The lowest BCUT2D eigenvalue weighted by Crippen LogP contribution is -2.30. The van der Waals surface area contributed by atoms with Crippen molar-refractivity contribution in [2.75, 3.05) is 24.6 Å². The average Bonchev–Trinajstić information content (AvgIpc) is 2.79. The van der Waals surface area contributed by atoms with Crippen molar-refractivity contribution in [3.8, 4) is 0 Å². The lowest BCUT2D eigenvalue weighted by Gasteiger charge is -2.23. The van der Waals surface area contributed by atoms with Gasteiger partial charge in [-0.15, -0.1) is 0 Å². The molecule has 1 saturated heterocycles. The Morgan fingerprint density at radius 3 is 2.81 bits per heavy atom. The minimum atomic E-state index is -2.89. The number of sulfone groups is 1. The zero-order valence-corrected chi connectivity index (χ0v) is 13.7. The third-order valence-corrected chi connectivity index (χ3v) is 6.16. The van der Waals surface area contributed by atoms with Gasteiger partial charge in [0.15, 0.2) is 9.84 Å². The van der Waals surface area contributed by atoms with E-state index in [1.807, 2.05) is 6.92 Å². The lowest BCUT2D eigenvalue weighted by atomic mass is 9.86. The zero-order valence-electron chi connectivity index (χ0n) is 12.1. The van der Waals surface area contributed by atoms with E-state index in [4.69, 9.17) is 11.6 Å². The van der Waals surface area contributed by atoms with Crippen LogP contribution in [0.3, 0.4) is 0 Å². The minimum absolute atomic E-state index is 0.119. The van der Waals surface area contributed by atoms with Gasteiger partial charge in [-0.25, -0.2) is 12.8 Å². The van der Waals surface area contributed by atoms with Crippen molar-refractivity contribution >= 4 is 21.4 Å². The number of benzene rings is 1. The van der Waals surface area contributed by atoms with E-state index in [2.05, 4.69) is 5.32 Å². The van der Waals surface area contributed by atoms with Crippen LogP contribution in [0.2, 0.25) is 5.02 Å².